The lowest BCUT2D eigenvalue weighted by Gasteiger charge is -2.02. The maximum absolute atomic E-state index is 7.33. The molecule has 72 valence electrons. The summed E-state index contributed by atoms with van der Waals surface area (Å²) in [5.41, 5.74) is 8.32. The van der Waals surface area contributed by atoms with Gasteiger partial charge in [0.05, 0.1) is 0 Å². The third kappa shape index (κ3) is 3.23. The first-order chi connectivity index (χ1) is 6.11. The molecule has 3 nitrogen and oxygen atoms in total. The van der Waals surface area contributed by atoms with E-state index in [1.165, 1.54) is 0 Å². The highest BCUT2D eigenvalue weighted by molar-refractivity contribution is 6.00. The van der Waals surface area contributed by atoms with Gasteiger partial charge in [-0.15, -0.1) is 0 Å². The van der Waals surface area contributed by atoms with E-state index in [4.69, 9.17) is 11.1 Å². The van der Waals surface area contributed by atoms with Crippen LogP contribution in [0.2, 0.25) is 0 Å². The highest BCUT2D eigenvalue weighted by Gasteiger charge is 2.00. The minimum atomic E-state index is 0.454. The van der Waals surface area contributed by atoms with Gasteiger partial charge < -0.3 is 11.1 Å². The maximum Gasteiger partial charge on any atom is 0.0439 e. The van der Waals surface area contributed by atoms with E-state index in [0.29, 0.717) is 11.4 Å². The second-order valence-corrected chi connectivity index (χ2v) is 2.54. The van der Waals surface area contributed by atoms with Gasteiger partial charge in [-0.2, -0.15) is 0 Å². The molecule has 0 unspecified atom stereocenters. The summed E-state index contributed by atoms with van der Waals surface area (Å²) in [7, 11) is 0. The molecule has 0 atom stereocenters. The Morgan fingerprint density at radius 1 is 1.46 bits per heavy atom. The zero-order chi connectivity index (χ0) is 10.4. The van der Waals surface area contributed by atoms with Gasteiger partial charge in [0.2, 0.25) is 0 Å². The first kappa shape index (κ1) is 11.6. The Hall–Kier alpha value is -1.38. The van der Waals surface area contributed by atoms with E-state index in [1.807, 2.05) is 20.8 Å². The predicted molar refractivity (Wildman–Crippen MR) is 57.2 cm³/mol. The third-order valence-electron chi connectivity index (χ3n) is 1.48. The average molecular weight is 179 g/mol. The van der Waals surface area contributed by atoms with Gasteiger partial charge in [0.1, 0.15) is 0 Å². The summed E-state index contributed by atoms with van der Waals surface area (Å²) < 4.78 is 0. The van der Waals surface area contributed by atoms with Gasteiger partial charge in [0.25, 0.3) is 0 Å². The summed E-state index contributed by atoms with van der Waals surface area (Å²) in [6, 6.07) is 1.77. The van der Waals surface area contributed by atoms with Crippen LogP contribution in [-0.4, -0.2) is 10.7 Å². The smallest absolute Gasteiger partial charge is 0.0439 e. The second-order valence-electron chi connectivity index (χ2n) is 2.54. The van der Waals surface area contributed by atoms with Crippen LogP contribution in [0.15, 0.2) is 12.3 Å². The molecule has 0 radical (unpaired) electrons. The Kier molecular flexibility index (Phi) is 4.74. The fourth-order valence-corrected chi connectivity index (χ4v) is 0.894. The predicted octanol–water partition coefficient (Wildman–Crippen LogP) is 2.39. The van der Waals surface area contributed by atoms with Crippen LogP contribution in [0.3, 0.4) is 0 Å². The monoisotopic (exact) mass is 179 g/mol. The molecule has 0 bridgehead atoms. The number of pyridine rings is 1. The molecule has 0 aliphatic carbocycles. The Labute approximate surface area is 79.5 Å². The number of aromatic nitrogens is 1. The second kappa shape index (κ2) is 5.30. The quantitative estimate of drug-likeness (QED) is 0.650. The molecule has 0 spiro atoms. The summed E-state index contributed by atoms with van der Waals surface area (Å²) in [6.07, 6.45) is 1.63. The molecule has 1 rings (SSSR count). The summed E-state index contributed by atoms with van der Waals surface area (Å²) in [5, 5.41) is 7.33. The highest BCUT2D eigenvalue weighted by atomic mass is 14.7. The van der Waals surface area contributed by atoms with Crippen molar-refractivity contribution in [2.75, 3.05) is 5.73 Å². The molecule has 13 heavy (non-hydrogen) atoms. The fraction of sp³-hybridized carbons (Fsp3) is 0.400. The summed E-state index contributed by atoms with van der Waals surface area (Å²) in [4.78, 5) is 4.04. The van der Waals surface area contributed by atoms with E-state index in [1.54, 1.807) is 19.2 Å². The van der Waals surface area contributed by atoms with Gasteiger partial charge >= 0.3 is 0 Å². The van der Waals surface area contributed by atoms with Gasteiger partial charge in [-0.1, -0.05) is 13.8 Å². The summed E-state index contributed by atoms with van der Waals surface area (Å²) >= 11 is 0. The number of rotatable bonds is 1. The lowest BCUT2D eigenvalue weighted by atomic mass is 10.1. The lowest BCUT2D eigenvalue weighted by Crippen LogP contribution is -2.01. The van der Waals surface area contributed by atoms with Crippen LogP contribution in [0.5, 0.6) is 0 Å². The number of hydrogen-bond acceptors (Lipinski definition) is 3. The van der Waals surface area contributed by atoms with Crippen LogP contribution < -0.4 is 5.73 Å². The van der Waals surface area contributed by atoms with E-state index in [2.05, 4.69) is 4.98 Å². The summed E-state index contributed by atoms with van der Waals surface area (Å²) in [5.74, 6) is 0. The van der Waals surface area contributed by atoms with Crippen molar-refractivity contribution >= 4 is 11.4 Å². The van der Waals surface area contributed by atoms with Crippen molar-refractivity contribution in [1.29, 1.82) is 5.41 Å². The molecule has 0 saturated carbocycles. The van der Waals surface area contributed by atoms with Crippen molar-refractivity contribution in [2.24, 2.45) is 0 Å². The lowest BCUT2D eigenvalue weighted by molar-refractivity contribution is 1.19. The molecule has 0 fully saturated rings. The zero-order valence-corrected chi connectivity index (χ0v) is 8.68. The Morgan fingerprint density at radius 2 is 2.00 bits per heavy atom. The van der Waals surface area contributed by atoms with Crippen molar-refractivity contribution < 1.29 is 0 Å². The molecule has 0 aromatic carbocycles. The van der Waals surface area contributed by atoms with Crippen LogP contribution >= 0.6 is 0 Å². The normalized spacial score (nSPS) is 8.62. The number of hydrogen-bond donors (Lipinski definition) is 2. The van der Waals surface area contributed by atoms with Gasteiger partial charge in [0, 0.05) is 28.9 Å². The molecule has 1 aromatic heterocycles. The van der Waals surface area contributed by atoms with Crippen LogP contribution in [-0.2, 0) is 0 Å². The molecular formula is C10H17N3. The topological polar surface area (TPSA) is 62.8 Å². The van der Waals surface area contributed by atoms with Crippen molar-refractivity contribution in [3.63, 3.8) is 0 Å². The number of nitrogens with one attached hydrogen (secondary N) is 1. The van der Waals surface area contributed by atoms with Crippen molar-refractivity contribution in [2.45, 2.75) is 27.7 Å². The molecule has 0 amide bonds. The zero-order valence-electron chi connectivity index (χ0n) is 8.68. The van der Waals surface area contributed by atoms with E-state index in [0.717, 1.165) is 11.3 Å². The molecule has 1 aromatic rings. The van der Waals surface area contributed by atoms with Gasteiger partial charge in [0.15, 0.2) is 0 Å². The first-order valence-corrected chi connectivity index (χ1v) is 4.39. The Bertz CT molecular complexity index is 292. The number of aryl methyl sites for hydroxylation is 1. The van der Waals surface area contributed by atoms with Gasteiger partial charge in [-0.3, -0.25) is 4.98 Å². The third-order valence-corrected chi connectivity index (χ3v) is 1.48. The van der Waals surface area contributed by atoms with Crippen LogP contribution in [0.1, 0.15) is 32.0 Å². The van der Waals surface area contributed by atoms with Gasteiger partial charge in [-0.25, -0.2) is 0 Å². The van der Waals surface area contributed by atoms with Crippen molar-refractivity contribution in [3.8, 4) is 0 Å². The molecule has 3 heteroatoms. The Balaban J connectivity index is 0.000000671. The van der Waals surface area contributed by atoms with E-state index >= 15 is 0 Å². The highest BCUT2D eigenvalue weighted by Crippen LogP contribution is 2.11. The molecule has 1 heterocycles. The molecule has 0 aliphatic heterocycles. The van der Waals surface area contributed by atoms with E-state index in [-0.39, 0.29) is 0 Å². The SMILES string of the molecule is CC.CC(=N)c1cnc(C)cc1N. The molecular weight excluding hydrogens is 162 g/mol. The first-order valence-electron chi connectivity index (χ1n) is 4.39. The van der Waals surface area contributed by atoms with Crippen LogP contribution in [0.4, 0.5) is 5.69 Å². The van der Waals surface area contributed by atoms with Crippen molar-refractivity contribution in [3.05, 3.63) is 23.5 Å². The van der Waals surface area contributed by atoms with Crippen LogP contribution in [0, 0.1) is 12.3 Å². The Morgan fingerprint density at radius 3 is 2.38 bits per heavy atom. The molecule has 0 aliphatic rings. The van der Waals surface area contributed by atoms with Crippen molar-refractivity contribution in [1.82, 2.24) is 4.98 Å². The largest absolute Gasteiger partial charge is 0.398 e. The minimum Gasteiger partial charge on any atom is -0.398 e. The van der Waals surface area contributed by atoms with E-state index in [9.17, 15) is 0 Å². The van der Waals surface area contributed by atoms with Gasteiger partial charge in [-0.05, 0) is 19.9 Å². The molecule has 3 N–H and O–H groups in total. The number of nitrogens with zero attached hydrogens (tertiary/aromatic N) is 1. The number of anilines is 1. The minimum absolute atomic E-state index is 0.454. The molecule has 0 saturated heterocycles. The standard InChI is InChI=1S/C8H11N3.C2H6/c1-5-3-8(10)7(4-11-5)6(2)9;1-2/h3-4,9H,1-2H3,(H2,10,11);1-2H3. The fourth-order valence-electron chi connectivity index (χ4n) is 0.894. The number of nitrogen functional groups attached to an aromatic ring is 1. The van der Waals surface area contributed by atoms with Crippen LogP contribution in [0.25, 0.3) is 0 Å². The summed E-state index contributed by atoms with van der Waals surface area (Å²) in [6.45, 7) is 7.57. The van der Waals surface area contributed by atoms with E-state index < -0.39 is 0 Å². The number of nitrogens with two attached hydrogens (primary N) is 1. The maximum atomic E-state index is 7.33. The average Bonchev–Trinajstić information content (AvgIpc) is 2.07.